The highest BCUT2D eigenvalue weighted by molar-refractivity contribution is 7.18. The number of benzene rings is 2. The molecule has 1 aromatic heterocycles. The number of phenols is 1. The molecule has 0 spiro atoms. The predicted octanol–water partition coefficient (Wildman–Crippen LogP) is 4.90. The van der Waals surface area contributed by atoms with E-state index >= 15 is 0 Å². The van der Waals surface area contributed by atoms with Gasteiger partial charge in [-0.2, -0.15) is 0 Å². The Labute approximate surface area is 124 Å². The van der Waals surface area contributed by atoms with E-state index in [1.807, 2.05) is 24.3 Å². The maximum Gasteiger partial charge on any atom is 0.135 e. The van der Waals surface area contributed by atoms with Crippen molar-refractivity contribution in [1.29, 1.82) is 0 Å². The van der Waals surface area contributed by atoms with E-state index in [4.69, 9.17) is 23.2 Å². The van der Waals surface area contributed by atoms with Gasteiger partial charge in [0, 0.05) is 17.5 Å². The Bertz CT molecular complexity index is 721. The van der Waals surface area contributed by atoms with Crippen molar-refractivity contribution in [2.75, 3.05) is 0 Å². The second kappa shape index (κ2) is 5.00. The lowest BCUT2D eigenvalue weighted by atomic mass is 10.1. The van der Waals surface area contributed by atoms with Gasteiger partial charge in [0.1, 0.15) is 5.75 Å². The lowest BCUT2D eigenvalue weighted by Crippen LogP contribution is -1.89. The molecule has 5 heteroatoms. The number of fused-ring (bicyclic) bond motifs is 1. The average molecular weight is 310 g/mol. The van der Waals surface area contributed by atoms with E-state index in [1.165, 1.54) is 6.07 Å². The third kappa shape index (κ3) is 2.54. The number of thiazole rings is 1. The molecule has 0 fully saturated rings. The van der Waals surface area contributed by atoms with Crippen molar-refractivity contribution >= 4 is 44.8 Å². The van der Waals surface area contributed by atoms with E-state index in [0.29, 0.717) is 16.5 Å². The van der Waals surface area contributed by atoms with Crippen molar-refractivity contribution in [3.05, 3.63) is 57.0 Å². The van der Waals surface area contributed by atoms with Crippen molar-refractivity contribution < 1.29 is 5.11 Å². The molecule has 96 valence electrons. The summed E-state index contributed by atoms with van der Waals surface area (Å²) in [4.78, 5) is 4.56. The minimum atomic E-state index is -0.000262. The summed E-state index contributed by atoms with van der Waals surface area (Å²) < 4.78 is 1.15. The fourth-order valence-electron chi connectivity index (χ4n) is 1.87. The molecular weight excluding hydrogens is 301 g/mol. The Morgan fingerprint density at radius 3 is 2.68 bits per heavy atom. The number of hydrogen-bond donors (Lipinski definition) is 1. The van der Waals surface area contributed by atoms with Crippen LogP contribution in [0.3, 0.4) is 0 Å². The third-order valence-corrected chi connectivity index (χ3v) is 4.49. The Morgan fingerprint density at radius 1 is 1.11 bits per heavy atom. The van der Waals surface area contributed by atoms with E-state index < -0.39 is 0 Å². The number of rotatable bonds is 2. The van der Waals surface area contributed by atoms with Crippen molar-refractivity contribution in [2.24, 2.45) is 0 Å². The first-order valence-corrected chi connectivity index (χ1v) is 7.22. The van der Waals surface area contributed by atoms with Crippen molar-refractivity contribution in [3.63, 3.8) is 0 Å². The smallest absolute Gasteiger partial charge is 0.135 e. The monoisotopic (exact) mass is 309 g/mol. The van der Waals surface area contributed by atoms with Crippen LogP contribution in [0.2, 0.25) is 10.0 Å². The van der Waals surface area contributed by atoms with Gasteiger partial charge < -0.3 is 5.11 Å². The summed E-state index contributed by atoms with van der Waals surface area (Å²) in [6.07, 6.45) is 0.609. The zero-order chi connectivity index (χ0) is 13.4. The van der Waals surface area contributed by atoms with Gasteiger partial charge in [0.25, 0.3) is 0 Å². The molecule has 1 heterocycles. The molecular formula is C14H9Cl2NOS. The second-order valence-electron chi connectivity index (χ2n) is 4.15. The first-order valence-electron chi connectivity index (χ1n) is 5.65. The van der Waals surface area contributed by atoms with Crippen molar-refractivity contribution in [3.8, 4) is 5.75 Å². The lowest BCUT2D eigenvalue weighted by molar-refractivity contribution is 0.475. The van der Waals surface area contributed by atoms with Crippen LogP contribution in [0.4, 0.5) is 0 Å². The minimum Gasteiger partial charge on any atom is -0.506 e. The molecule has 0 aliphatic rings. The highest BCUT2D eigenvalue weighted by atomic mass is 35.5. The molecule has 3 aromatic rings. The van der Waals surface area contributed by atoms with Crippen LogP contribution in [0, 0.1) is 0 Å². The van der Waals surface area contributed by atoms with Gasteiger partial charge in [-0.05, 0) is 23.8 Å². The first kappa shape index (κ1) is 12.7. The zero-order valence-electron chi connectivity index (χ0n) is 9.73. The van der Waals surface area contributed by atoms with Crippen LogP contribution >= 0.6 is 34.5 Å². The SMILES string of the molecule is Oc1cc(Cl)c(Cc2nc3ccccc3s2)cc1Cl. The zero-order valence-corrected chi connectivity index (χ0v) is 12.1. The van der Waals surface area contributed by atoms with E-state index in [0.717, 1.165) is 20.8 Å². The second-order valence-corrected chi connectivity index (χ2v) is 6.08. The molecule has 0 aliphatic carbocycles. The number of hydrogen-bond acceptors (Lipinski definition) is 3. The first-order chi connectivity index (χ1) is 9.13. The molecule has 0 bridgehead atoms. The van der Waals surface area contributed by atoms with E-state index in [-0.39, 0.29) is 5.75 Å². The number of nitrogens with zero attached hydrogens (tertiary/aromatic N) is 1. The molecule has 0 saturated heterocycles. The number of phenolic OH excluding ortho intramolecular Hbond substituents is 1. The number of para-hydroxylation sites is 1. The summed E-state index contributed by atoms with van der Waals surface area (Å²) in [5, 5.41) is 11.3. The van der Waals surface area contributed by atoms with Gasteiger partial charge >= 0.3 is 0 Å². The lowest BCUT2D eigenvalue weighted by Gasteiger charge is -2.04. The Kier molecular flexibility index (Phi) is 3.35. The van der Waals surface area contributed by atoms with Gasteiger partial charge in [-0.1, -0.05) is 35.3 Å². The van der Waals surface area contributed by atoms with Crippen LogP contribution in [0.1, 0.15) is 10.6 Å². The predicted molar refractivity (Wildman–Crippen MR) is 80.6 cm³/mol. The Balaban J connectivity index is 1.98. The average Bonchev–Trinajstić information content (AvgIpc) is 2.78. The van der Waals surface area contributed by atoms with E-state index in [2.05, 4.69) is 4.98 Å². The summed E-state index contributed by atoms with van der Waals surface area (Å²) in [5.74, 6) is -0.000262. The molecule has 2 nitrogen and oxygen atoms in total. The van der Waals surface area contributed by atoms with E-state index in [1.54, 1.807) is 17.4 Å². The molecule has 19 heavy (non-hydrogen) atoms. The summed E-state index contributed by atoms with van der Waals surface area (Å²) in [7, 11) is 0. The van der Waals surface area contributed by atoms with Gasteiger partial charge in [0.2, 0.25) is 0 Å². The van der Waals surface area contributed by atoms with Crippen LogP contribution in [0.15, 0.2) is 36.4 Å². The molecule has 0 radical (unpaired) electrons. The summed E-state index contributed by atoms with van der Waals surface area (Å²) in [6.45, 7) is 0. The van der Waals surface area contributed by atoms with Gasteiger partial charge in [0.15, 0.2) is 0 Å². The maximum atomic E-state index is 9.48. The van der Waals surface area contributed by atoms with Crippen LogP contribution < -0.4 is 0 Å². The summed E-state index contributed by atoms with van der Waals surface area (Å²) in [6, 6.07) is 11.1. The van der Waals surface area contributed by atoms with E-state index in [9.17, 15) is 5.11 Å². The molecule has 0 aliphatic heterocycles. The topological polar surface area (TPSA) is 33.1 Å². The minimum absolute atomic E-state index is 0.000262. The highest BCUT2D eigenvalue weighted by Crippen LogP contribution is 2.32. The fourth-order valence-corrected chi connectivity index (χ4v) is 3.27. The van der Waals surface area contributed by atoms with Crippen LogP contribution in [-0.4, -0.2) is 10.1 Å². The quantitative estimate of drug-likeness (QED) is 0.730. The largest absolute Gasteiger partial charge is 0.506 e. The molecule has 0 atom stereocenters. The molecule has 0 amide bonds. The highest BCUT2D eigenvalue weighted by Gasteiger charge is 2.10. The molecule has 1 N–H and O–H groups in total. The summed E-state index contributed by atoms with van der Waals surface area (Å²) in [5.41, 5.74) is 1.85. The standard InChI is InChI=1S/C14H9Cl2NOS/c15-9-7-12(18)10(16)5-8(9)6-14-17-11-3-1-2-4-13(11)19-14/h1-5,7,18H,6H2. The van der Waals surface area contributed by atoms with Crippen molar-refractivity contribution in [2.45, 2.75) is 6.42 Å². The van der Waals surface area contributed by atoms with Crippen molar-refractivity contribution in [1.82, 2.24) is 4.98 Å². The molecule has 3 rings (SSSR count). The molecule has 2 aromatic carbocycles. The molecule has 0 unspecified atom stereocenters. The maximum absolute atomic E-state index is 9.48. The van der Waals surface area contributed by atoms with Gasteiger partial charge in [-0.25, -0.2) is 4.98 Å². The molecule has 0 saturated carbocycles. The normalized spacial score (nSPS) is 11.1. The van der Waals surface area contributed by atoms with Gasteiger partial charge in [0.05, 0.1) is 20.2 Å². The third-order valence-electron chi connectivity index (χ3n) is 2.80. The van der Waals surface area contributed by atoms with Gasteiger partial charge in [-0.15, -0.1) is 11.3 Å². The number of aromatic nitrogens is 1. The van der Waals surface area contributed by atoms with Gasteiger partial charge in [-0.3, -0.25) is 0 Å². The number of halogens is 2. The van der Waals surface area contributed by atoms with Crippen LogP contribution in [0.5, 0.6) is 5.75 Å². The Morgan fingerprint density at radius 2 is 1.89 bits per heavy atom. The fraction of sp³-hybridized carbons (Fsp3) is 0.0714. The summed E-state index contributed by atoms with van der Waals surface area (Å²) >= 11 is 13.6. The Hall–Kier alpha value is -1.29. The number of aromatic hydroxyl groups is 1. The van der Waals surface area contributed by atoms with Crippen LogP contribution in [0.25, 0.3) is 10.2 Å². The van der Waals surface area contributed by atoms with Crippen LogP contribution in [-0.2, 0) is 6.42 Å².